The first-order valence-corrected chi connectivity index (χ1v) is 5.27. The first-order chi connectivity index (χ1) is 7.75. The van der Waals surface area contributed by atoms with Crippen LogP contribution in [0.2, 0.25) is 0 Å². The van der Waals surface area contributed by atoms with Gasteiger partial charge in [-0.05, 0) is 31.4 Å². The average Bonchev–Trinajstić information content (AvgIpc) is 2.30. The van der Waals surface area contributed by atoms with E-state index in [0.29, 0.717) is 5.75 Å². The molecule has 0 saturated carbocycles. The van der Waals surface area contributed by atoms with E-state index in [-0.39, 0.29) is 11.7 Å². The third-order valence-electron chi connectivity index (χ3n) is 2.46. The number of carbonyl (C=O) groups is 1. The molecule has 1 aliphatic rings. The molecule has 2 rings (SSSR count). The lowest BCUT2D eigenvalue weighted by atomic mass is 10.1. The van der Waals surface area contributed by atoms with Crippen LogP contribution in [0.15, 0.2) is 30.6 Å². The number of allylic oxidation sites excluding steroid dienone is 1. The van der Waals surface area contributed by atoms with Gasteiger partial charge in [-0.3, -0.25) is 4.98 Å². The van der Waals surface area contributed by atoms with E-state index in [1.54, 1.807) is 0 Å². The number of carboxylic acid groups (broad SMARTS) is 1. The lowest BCUT2D eigenvalue weighted by Crippen LogP contribution is -2.16. The van der Waals surface area contributed by atoms with Gasteiger partial charge in [0, 0.05) is 6.20 Å². The first kappa shape index (κ1) is 10.7. The highest BCUT2D eigenvalue weighted by atomic mass is 16.5. The quantitative estimate of drug-likeness (QED) is 0.792. The normalized spacial score (nSPS) is 19.4. The largest absolute Gasteiger partial charge is 0.485 e. The van der Waals surface area contributed by atoms with E-state index in [9.17, 15) is 4.79 Å². The molecule has 1 aliphatic carbocycles. The van der Waals surface area contributed by atoms with Crippen LogP contribution in [-0.4, -0.2) is 22.2 Å². The molecule has 0 aromatic carbocycles. The summed E-state index contributed by atoms with van der Waals surface area (Å²) < 4.78 is 5.63. The monoisotopic (exact) mass is 219 g/mol. The Bertz CT molecular complexity index is 414. The second-order valence-electron chi connectivity index (χ2n) is 3.73. The number of hydrogen-bond acceptors (Lipinski definition) is 3. The van der Waals surface area contributed by atoms with Crippen molar-refractivity contribution in [3.05, 3.63) is 36.2 Å². The van der Waals surface area contributed by atoms with Gasteiger partial charge < -0.3 is 9.84 Å². The molecule has 1 unspecified atom stereocenters. The summed E-state index contributed by atoms with van der Waals surface area (Å²) in [6, 6.07) is 1.50. The Labute approximate surface area is 93.6 Å². The maximum absolute atomic E-state index is 10.7. The minimum absolute atomic E-state index is 0.0413. The molecular formula is C12H13NO3. The van der Waals surface area contributed by atoms with Crippen LogP contribution in [0.25, 0.3) is 0 Å². The summed E-state index contributed by atoms with van der Waals surface area (Å²) in [4.78, 5) is 14.6. The standard InChI is InChI=1S/C12H13NO3/c14-12(15)9-6-11(8-13-7-9)16-10-4-2-1-3-5-10/h2,4,6-8,10H,1,3,5H2,(H,14,15). The second-order valence-corrected chi connectivity index (χ2v) is 3.73. The maximum atomic E-state index is 10.7. The van der Waals surface area contributed by atoms with Crippen molar-refractivity contribution >= 4 is 5.97 Å². The van der Waals surface area contributed by atoms with Gasteiger partial charge in [-0.1, -0.05) is 6.08 Å². The Morgan fingerprint density at radius 1 is 1.50 bits per heavy atom. The smallest absolute Gasteiger partial charge is 0.337 e. The van der Waals surface area contributed by atoms with Crippen molar-refractivity contribution in [1.29, 1.82) is 0 Å². The molecule has 1 heterocycles. The highest BCUT2D eigenvalue weighted by molar-refractivity contribution is 5.87. The predicted octanol–water partition coefficient (Wildman–Crippen LogP) is 2.27. The van der Waals surface area contributed by atoms with Gasteiger partial charge in [-0.15, -0.1) is 0 Å². The molecule has 0 aliphatic heterocycles. The van der Waals surface area contributed by atoms with E-state index in [4.69, 9.17) is 9.84 Å². The molecule has 1 aromatic rings. The summed E-state index contributed by atoms with van der Waals surface area (Å²) in [6.07, 6.45) is 10.1. The fourth-order valence-corrected chi connectivity index (χ4v) is 1.65. The number of aromatic carboxylic acids is 1. The Morgan fingerprint density at radius 3 is 3.06 bits per heavy atom. The van der Waals surface area contributed by atoms with Gasteiger partial charge in [0.1, 0.15) is 11.9 Å². The van der Waals surface area contributed by atoms with Gasteiger partial charge in [0.25, 0.3) is 0 Å². The molecule has 0 amide bonds. The van der Waals surface area contributed by atoms with Crippen molar-refractivity contribution in [3.8, 4) is 5.75 Å². The Hall–Kier alpha value is -1.84. The SMILES string of the molecule is O=C(O)c1cncc(OC2C=CCCC2)c1. The fourth-order valence-electron chi connectivity index (χ4n) is 1.65. The predicted molar refractivity (Wildman–Crippen MR) is 58.6 cm³/mol. The number of hydrogen-bond donors (Lipinski definition) is 1. The molecule has 1 N–H and O–H groups in total. The van der Waals surface area contributed by atoms with E-state index in [1.807, 2.05) is 6.08 Å². The topological polar surface area (TPSA) is 59.4 Å². The summed E-state index contributed by atoms with van der Waals surface area (Å²) in [5.74, 6) is -0.478. The zero-order valence-electron chi connectivity index (χ0n) is 8.80. The summed E-state index contributed by atoms with van der Waals surface area (Å²) in [5.41, 5.74) is 0.150. The highest BCUT2D eigenvalue weighted by Crippen LogP contribution is 2.19. The molecule has 1 atom stereocenters. The molecular weight excluding hydrogens is 206 g/mol. The molecule has 4 nitrogen and oxygen atoms in total. The molecule has 0 radical (unpaired) electrons. The van der Waals surface area contributed by atoms with Gasteiger partial charge in [0.05, 0.1) is 11.8 Å². The Kier molecular flexibility index (Phi) is 3.19. The van der Waals surface area contributed by atoms with Gasteiger partial charge in [-0.2, -0.15) is 0 Å². The minimum atomic E-state index is -0.989. The van der Waals surface area contributed by atoms with Gasteiger partial charge in [0.2, 0.25) is 0 Å². The van der Waals surface area contributed by atoms with E-state index in [0.717, 1.165) is 19.3 Å². The van der Waals surface area contributed by atoms with Crippen LogP contribution in [0.3, 0.4) is 0 Å². The molecule has 84 valence electrons. The van der Waals surface area contributed by atoms with Crippen LogP contribution in [0.1, 0.15) is 29.6 Å². The zero-order valence-corrected chi connectivity index (χ0v) is 8.80. The lowest BCUT2D eigenvalue weighted by Gasteiger charge is -2.18. The summed E-state index contributed by atoms with van der Waals surface area (Å²) >= 11 is 0. The number of aromatic nitrogens is 1. The third-order valence-corrected chi connectivity index (χ3v) is 2.46. The lowest BCUT2D eigenvalue weighted by molar-refractivity contribution is 0.0695. The van der Waals surface area contributed by atoms with Gasteiger partial charge >= 0.3 is 5.97 Å². The molecule has 0 spiro atoms. The van der Waals surface area contributed by atoms with Crippen molar-refractivity contribution in [3.63, 3.8) is 0 Å². The van der Waals surface area contributed by atoms with E-state index >= 15 is 0 Å². The van der Waals surface area contributed by atoms with Gasteiger partial charge in [-0.25, -0.2) is 4.79 Å². The number of carboxylic acids is 1. The maximum Gasteiger partial charge on any atom is 0.337 e. The fraction of sp³-hybridized carbons (Fsp3) is 0.333. The van der Waals surface area contributed by atoms with Crippen molar-refractivity contribution in [1.82, 2.24) is 4.98 Å². The molecule has 1 aromatic heterocycles. The number of nitrogens with zero attached hydrogens (tertiary/aromatic N) is 1. The van der Waals surface area contributed by atoms with Crippen molar-refractivity contribution < 1.29 is 14.6 Å². The van der Waals surface area contributed by atoms with Crippen LogP contribution < -0.4 is 4.74 Å². The van der Waals surface area contributed by atoms with E-state index in [1.165, 1.54) is 18.5 Å². The number of rotatable bonds is 3. The summed E-state index contributed by atoms with van der Waals surface area (Å²) in [5, 5.41) is 8.81. The average molecular weight is 219 g/mol. The van der Waals surface area contributed by atoms with Crippen LogP contribution in [0.4, 0.5) is 0 Å². The summed E-state index contributed by atoms with van der Waals surface area (Å²) in [7, 11) is 0. The van der Waals surface area contributed by atoms with Crippen LogP contribution in [0.5, 0.6) is 5.75 Å². The Morgan fingerprint density at radius 2 is 2.38 bits per heavy atom. The highest BCUT2D eigenvalue weighted by Gasteiger charge is 2.11. The van der Waals surface area contributed by atoms with Crippen LogP contribution >= 0.6 is 0 Å². The zero-order chi connectivity index (χ0) is 11.4. The number of ether oxygens (including phenoxy) is 1. The molecule has 4 heteroatoms. The second kappa shape index (κ2) is 4.79. The number of pyridine rings is 1. The van der Waals surface area contributed by atoms with Crippen molar-refractivity contribution in [2.24, 2.45) is 0 Å². The van der Waals surface area contributed by atoms with Crippen molar-refractivity contribution in [2.75, 3.05) is 0 Å². The van der Waals surface area contributed by atoms with E-state index < -0.39 is 5.97 Å². The van der Waals surface area contributed by atoms with Gasteiger partial charge in [0.15, 0.2) is 0 Å². The van der Waals surface area contributed by atoms with Crippen LogP contribution in [-0.2, 0) is 0 Å². The van der Waals surface area contributed by atoms with Crippen molar-refractivity contribution in [2.45, 2.75) is 25.4 Å². The van der Waals surface area contributed by atoms with E-state index in [2.05, 4.69) is 11.1 Å². The minimum Gasteiger partial charge on any atom is -0.485 e. The third kappa shape index (κ3) is 2.59. The molecule has 16 heavy (non-hydrogen) atoms. The molecule has 0 saturated heterocycles. The first-order valence-electron chi connectivity index (χ1n) is 5.27. The van der Waals surface area contributed by atoms with Crippen LogP contribution in [0, 0.1) is 0 Å². The molecule has 0 bridgehead atoms. The summed E-state index contributed by atoms with van der Waals surface area (Å²) in [6.45, 7) is 0. The Balaban J connectivity index is 2.08. The molecule has 0 fully saturated rings.